The van der Waals surface area contributed by atoms with E-state index in [4.69, 9.17) is 11.6 Å². The summed E-state index contributed by atoms with van der Waals surface area (Å²) in [5, 5.41) is 1.14. The van der Waals surface area contributed by atoms with Crippen LogP contribution in [0.25, 0.3) is 22.2 Å². The number of aryl methyl sites for hydroxylation is 1. The Labute approximate surface area is 120 Å². The zero-order chi connectivity index (χ0) is 14.1. The molecule has 0 saturated carbocycles. The summed E-state index contributed by atoms with van der Waals surface area (Å²) in [5.74, 6) is 0.517. The number of fused-ring (bicyclic) bond motifs is 1. The Balaban J connectivity index is 2.27. The van der Waals surface area contributed by atoms with Crippen molar-refractivity contribution in [3.8, 4) is 11.3 Å². The second-order valence-corrected chi connectivity index (χ2v) is 4.72. The second-order valence-electron chi connectivity index (χ2n) is 4.36. The van der Waals surface area contributed by atoms with Crippen LogP contribution in [-0.2, 0) is 0 Å². The van der Waals surface area contributed by atoms with Gasteiger partial charge < -0.3 is 0 Å². The first-order valence-corrected chi connectivity index (χ1v) is 6.41. The molecule has 1 aromatic carbocycles. The smallest absolute Gasteiger partial charge is 0.155 e. The quantitative estimate of drug-likeness (QED) is 0.534. The van der Waals surface area contributed by atoms with Crippen molar-refractivity contribution in [2.75, 3.05) is 0 Å². The predicted molar refractivity (Wildman–Crippen MR) is 77.9 cm³/mol. The maximum absolute atomic E-state index is 11.2. The number of carbonyl (C=O) groups is 1. The lowest BCUT2D eigenvalue weighted by Crippen LogP contribution is -1.99. The molecule has 0 bridgehead atoms. The van der Waals surface area contributed by atoms with Crippen molar-refractivity contribution in [1.82, 2.24) is 15.0 Å². The number of nitrogens with zero attached hydrogens (tertiary/aromatic N) is 3. The molecular formula is C15H10ClN3O. The third-order valence-corrected chi connectivity index (χ3v) is 3.28. The van der Waals surface area contributed by atoms with Gasteiger partial charge in [-0.15, -0.1) is 0 Å². The molecular weight excluding hydrogens is 274 g/mol. The molecule has 0 spiro atoms. The molecule has 0 atom stereocenters. The number of hydrogen-bond acceptors (Lipinski definition) is 4. The fourth-order valence-corrected chi connectivity index (χ4v) is 2.33. The van der Waals surface area contributed by atoms with Crippen LogP contribution in [0, 0.1) is 6.92 Å². The third-order valence-electron chi connectivity index (χ3n) is 2.99. The molecule has 2 aromatic heterocycles. The van der Waals surface area contributed by atoms with Crippen molar-refractivity contribution in [2.45, 2.75) is 6.92 Å². The van der Waals surface area contributed by atoms with Crippen LogP contribution in [0.15, 0.2) is 36.5 Å². The van der Waals surface area contributed by atoms with E-state index in [0.29, 0.717) is 17.8 Å². The molecule has 5 heteroatoms. The molecule has 0 amide bonds. The minimum Gasteiger partial charge on any atom is -0.298 e. The second kappa shape index (κ2) is 4.98. The number of aldehydes is 1. The summed E-state index contributed by atoms with van der Waals surface area (Å²) in [6.45, 7) is 1.73. The molecule has 0 radical (unpaired) electrons. The van der Waals surface area contributed by atoms with Gasteiger partial charge in [-0.05, 0) is 19.1 Å². The van der Waals surface area contributed by atoms with Gasteiger partial charge in [0, 0.05) is 17.1 Å². The molecule has 0 N–H and O–H groups in total. The van der Waals surface area contributed by atoms with Crippen molar-refractivity contribution >= 4 is 28.8 Å². The highest BCUT2D eigenvalue weighted by Crippen LogP contribution is 2.26. The first-order valence-electron chi connectivity index (χ1n) is 6.03. The van der Waals surface area contributed by atoms with Crippen LogP contribution in [0.3, 0.4) is 0 Å². The van der Waals surface area contributed by atoms with E-state index in [-0.39, 0.29) is 10.7 Å². The van der Waals surface area contributed by atoms with Gasteiger partial charge in [0.2, 0.25) is 0 Å². The molecule has 3 rings (SSSR count). The Morgan fingerprint density at radius 2 is 2.00 bits per heavy atom. The highest BCUT2D eigenvalue weighted by Gasteiger charge is 2.13. The molecule has 20 heavy (non-hydrogen) atoms. The number of para-hydroxylation sites is 1. The van der Waals surface area contributed by atoms with Crippen molar-refractivity contribution in [2.24, 2.45) is 0 Å². The van der Waals surface area contributed by atoms with E-state index in [0.717, 1.165) is 16.5 Å². The standard InChI is InChI=1S/C15H10ClN3O/c1-9-18-14(12(8-20)15(16)19-9)11-6-10-4-2-3-5-13(10)17-7-11/h2-8H,1H3. The number of pyridine rings is 1. The lowest BCUT2D eigenvalue weighted by Gasteiger charge is -2.07. The van der Waals surface area contributed by atoms with Crippen LogP contribution in [0.2, 0.25) is 5.15 Å². The fourth-order valence-electron chi connectivity index (χ4n) is 2.07. The Bertz CT molecular complexity index is 817. The number of hydrogen-bond donors (Lipinski definition) is 0. The summed E-state index contributed by atoms with van der Waals surface area (Å²) < 4.78 is 0. The molecule has 0 fully saturated rings. The number of aromatic nitrogens is 3. The minimum absolute atomic E-state index is 0.163. The van der Waals surface area contributed by atoms with E-state index >= 15 is 0 Å². The number of halogens is 1. The van der Waals surface area contributed by atoms with E-state index in [2.05, 4.69) is 15.0 Å². The van der Waals surface area contributed by atoms with Crippen molar-refractivity contribution in [1.29, 1.82) is 0 Å². The summed E-state index contributed by atoms with van der Waals surface area (Å²) in [5.41, 5.74) is 2.43. The van der Waals surface area contributed by atoms with Gasteiger partial charge in [0.15, 0.2) is 6.29 Å². The van der Waals surface area contributed by atoms with Crippen molar-refractivity contribution < 1.29 is 4.79 Å². The number of carbonyl (C=O) groups excluding carboxylic acids is 1. The maximum Gasteiger partial charge on any atom is 0.155 e. The van der Waals surface area contributed by atoms with Crippen LogP contribution in [-0.4, -0.2) is 21.2 Å². The molecule has 4 nitrogen and oxygen atoms in total. The third kappa shape index (κ3) is 2.14. The Morgan fingerprint density at radius 1 is 1.20 bits per heavy atom. The molecule has 98 valence electrons. The largest absolute Gasteiger partial charge is 0.298 e. The summed E-state index contributed by atoms with van der Waals surface area (Å²) in [7, 11) is 0. The average Bonchev–Trinajstić information content (AvgIpc) is 2.46. The van der Waals surface area contributed by atoms with Gasteiger partial charge in [-0.2, -0.15) is 0 Å². The van der Waals surface area contributed by atoms with E-state index in [9.17, 15) is 4.79 Å². The number of benzene rings is 1. The summed E-state index contributed by atoms with van der Waals surface area (Å²) in [6.07, 6.45) is 2.36. The van der Waals surface area contributed by atoms with Crippen LogP contribution in [0.5, 0.6) is 0 Å². The normalized spacial score (nSPS) is 10.7. The van der Waals surface area contributed by atoms with Crippen LogP contribution >= 0.6 is 11.6 Å². The fraction of sp³-hybridized carbons (Fsp3) is 0.0667. The summed E-state index contributed by atoms with van der Waals surface area (Å²) in [6, 6.07) is 9.69. The lowest BCUT2D eigenvalue weighted by molar-refractivity contribution is 0.112. The van der Waals surface area contributed by atoms with Gasteiger partial charge in [-0.25, -0.2) is 9.97 Å². The number of rotatable bonds is 2. The Kier molecular flexibility index (Phi) is 3.16. The van der Waals surface area contributed by atoms with Gasteiger partial charge in [0.1, 0.15) is 11.0 Å². The van der Waals surface area contributed by atoms with Crippen molar-refractivity contribution in [3.05, 3.63) is 53.1 Å². The molecule has 0 aliphatic carbocycles. The first-order chi connectivity index (χ1) is 9.69. The summed E-state index contributed by atoms with van der Waals surface area (Å²) >= 11 is 6.00. The minimum atomic E-state index is 0.163. The molecule has 3 aromatic rings. The predicted octanol–water partition coefficient (Wildman–Crippen LogP) is 3.47. The van der Waals surface area contributed by atoms with Crippen molar-refractivity contribution in [3.63, 3.8) is 0 Å². The Hall–Kier alpha value is -2.33. The highest BCUT2D eigenvalue weighted by molar-refractivity contribution is 6.32. The molecule has 0 unspecified atom stereocenters. The SMILES string of the molecule is Cc1nc(Cl)c(C=O)c(-c2cnc3ccccc3c2)n1. The maximum atomic E-state index is 11.2. The molecule has 0 saturated heterocycles. The topological polar surface area (TPSA) is 55.7 Å². The first kappa shape index (κ1) is 12.7. The van der Waals surface area contributed by atoms with Crippen LogP contribution in [0.1, 0.15) is 16.2 Å². The van der Waals surface area contributed by atoms with Gasteiger partial charge in [-0.1, -0.05) is 29.8 Å². The zero-order valence-electron chi connectivity index (χ0n) is 10.7. The van der Waals surface area contributed by atoms with Crippen LogP contribution in [0.4, 0.5) is 0 Å². The van der Waals surface area contributed by atoms with Gasteiger partial charge in [-0.3, -0.25) is 9.78 Å². The van der Waals surface area contributed by atoms with E-state index in [1.165, 1.54) is 0 Å². The van der Waals surface area contributed by atoms with E-state index in [1.807, 2.05) is 30.3 Å². The van der Waals surface area contributed by atoms with Gasteiger partial charge >= 0.3 is 0 Å². The lowest BCUT2D eigenvalue weighted by atomic mass is 10.1. The average molecular weight is 284 g/mol. The monoisotopic (exact) mass is 283 g/mol. The van der Waals surface area contributed by atoms with E-state index < -0.39 is 0 Å². The summed E-state index contributed by atoms with van der Waals surface area (Å²) in [4.78, 5) is 23.9. The van der Waals surface area contributed by atoms with Crippen LogP contribution < -0.4 is 0 Å². The highest BCUT2D eigenvalue weighted by atomic mass is 35.5. The Morgan fingerprint density at radius 3 is 2.80 bits per heavy atom. The molecule has 2 heterocycles. The zero-order valence-corrected chi connectivity index (χ0v) is 11.4. The van der Waals surface area contributed by atoms with Gasteiger partial charge in [0.05, 0.1) is 16.8 Å². The van der Waals surface area contributed by atoms with Gasteiger partial charge in [0.25, 0.3) is 0 Å². The van der Waals surface area contributed by atoms with E-state index in [1.54, 1.807) is 13.1 Å². The molecule has 0 aliphatic rings. The molecule has 0 aliphatic heterocycles.